The van der Waals surface area contributed by atoms with Crippen LogP contribution in [-0.2, 0) is 11.3 Å². The van der Waals surface area contributed by atoms with E-state index in [1.807, 2.05) is 30.3 Å². The molecule has 4 rings (SSSR count). The first-order chi connectivity index (χ1) is 13.8. The number of aliphatic hydroxyl groups is 1. The van der Waals surface area contributed by atoms with Gasteiger partial charge in [-0.05, 0) is 86.0 Å². The number of rotatable bonds is 3. The van der Waals surface area contributed by atoms with Gasteiger partial charge in [0.05, 0.1) is 13.2 Å². The van der Waals surface area contributed by atoms with Crippen LogP contribution < -0.4 is 18.9 Å². The molecule has 0 aliphatic heterocycles. The molecule has 0 aliphatic rings. The van der Waals surface area contributed by atoms with E-state index in [0.29, 0.717) is 11.5 Å². The second-order valence-electron chi connectivity index (χ2n) is 5.81. The number of carbonyl (C=O) groups is 1. The van der Waals surface area contributed by atoms with Crippen LogP contribution in [0, 0.1) is 0 Å². The predicted molar refractivity (Wildman–Crippen MR) is 161 cm³/mol. The van der Waals surface area contributed by atoms with Gasteiger partial charge in [0.25, 0.3) is 0 Å². The van der Waals surface area contributed by atoms with E-state index in [1.54, 1.807) is 18.3 Å². The average molecular weight is 756 g/mol. The van der Waals surface area contributed by atoms with Crippen molar-refractivity contribution in [3.8, 4) is 0 Å². The number of halogens is 4. The van der Waals surface area contributed by atoms with E-state index in [0.717, 1.165) is 38.2 Å². The fraction of sp³-hybridized carbons (Fsp3) is 0.227. The minimum Gasteiger partial charge on any atom is -1.00 e. The summed E-state index contributed by atoms with van der Waals surface area (Å²) < 4.78 is 11.3. The first-order valence-electron chi connectivity index (χ1n) is 8.36. The van der Waals surface area contributed by atoms with Gasteiger partial charge in [-0.25, -0.2) is 4.79 Å². The number of benzene rings is 2. The number of carbonyl (C=O) groups excluding carboxylic acids is 1. The smallest absolute Gasteiger partial charge is 1.00 e. The molecule has 2 heterocycles. The second kappa shape index (κ2) is 16.6. The molecule has 0 fully saturated rings. The summed E-state index contributed by atoms with van der Waals surface area (Å²) in [6.45, 7) is 2.32. The van der Waals surface area contributed by atoms with Crippen molar-refractivity contribution in [2.24, 2.45) is 0 Å². The van der Waals surface area contributed by atoms with Gasteiger partial charge in [-0.1, -0.05) is 46.7 Å². The molecule has 0 unspecified atom stereocenters. The molecule has 0 bridgehead atoms. The number of hydrogen-bond acceptors (Lipinski definition) is 5. The Labute approximate surface area is 261 Å². The molecular weight excluding hydrogens is 730 g/mol. The quantitative estimate of drug-likeness (QED) is 0.215. The second-order valence-corrected chi connectivity index (χ2v) is 11.5. The molecule has 0 atom stereocenters. The van der Waals surface area contributed by atoms with Crippen molar-refractivity contribution >= 4 is 130 Å². The van der Waals surface area contributed by atoms with Crippen LogP contribution in [0.15, 0.2) is 54.3 Å². The summed E-state index contributed by atoms with van der Waals surface area (Å²) in [5.74, 6) is -0.258. The van der Waals surface area contributed by atoms with Crippen molar-refractivity contribution in [1.29, 1.82) is 0 Å². The zero-order valence-electron chi connectivity index (χ0n) is 17.0. The van der Waals surface area contributed by atoms with Crippen molar-refractivity contribution in [2.75, 3.05) is 6.61 Å². The number of fused-ring (bicyclic) bond motifs is 2. The van der Waals surface area contributed by atoms with Crippen LogP contribution in [0.5, 0.6) is 0 Å². The molecule has 2 aromatic heterocycles. The van der Waals surface area contributed by atoms with Crippen LogP contribution >= 0.6 is 86.4 Å². The summed E-state index contributed by atoms with van der Waals surface area (Å²) in [5.41, 5.74) is 0. The summed E-state index contributed by atoms with van der Waals surface area (Å²) in [4.78, 5) is 13.2. The molecule has 1 N–H and O–H groups in total. The maximum Gasteiger partial charge on any atom is 1.00 e. The van der Waals surface area contributed by atoms with Crippen LogP contribution in [0.3, 0.4) is 0 Å². The first kappa shape index (κ1) is 36.0. The van der Waals surface area contributed by atoms with E-state index >= 15 is 0 Å². The normalized spacial score (nSPS) is 9.52. The molecular formula is C22H26AlBr4LiO3S2. The summed E-state index contributed by atoms with van der Waals surface area (Å²) in [6.07, 6.45) is 0. The van der Waals surface area contributed by atoms with E-state index < -0.39 is 0 Å². The summed E-state index contributed by atoms with van der Waals surface area (Å²) in [5, 5.41) is 11.2. The number of thiophene rings is 2. The van der Waals surface area contributed by atoms with E-state index in [-0.39, 0.29) is 65.1 Å². The molecule has 176 valence electrons. The summed E-state index contributed by atoms with van der Waals surface area (Å²) >= 11 is 16.9. The van der Waals surface area contributed by atoms with Gasteiger partial charge in [-0.15, -0.1) is 22.7 Å². The number of aliphatic hydroxyl groups excluding tert-OH is 1. The van der Waals surface area contributed by atoms with E-state index in [1.165, 1.54) is 16.0 Å². The third-order valence-corrected chi connectivity index (χ3v) is 8.78. The number of ether oxygens (including phenoxy) is 1. The SMILES string of the molecule is C.C.CCOC(=O)c1cc2cc(Br)cc(Br)c2s1.OCc1cc2cc(Br)cc(Br)c2s1.[AlH3].[H-].[Li+]. The van der Waals surface area contributed by atoms with E-state index in [2.05, 4.69) is 69.8 Å². The summed E-state index contributed by atoms with van der Waals surface area (Å²) in [6, 6.07) is 11.9. The van der Waals surface area contributed by atoms with Gasteiger partial charge in [0.15, 0.2) is 17.4 Å². The Kier molecular flexibility index (Phi) is 18.1. The van der Waals surface area contributed by atoms with Crippen molar-refractivity contribution in [1.82, 2.24) is 0 Å². The molecule has 0 radical (unpaired) electrons. The molecule has 0 aliphatic carbocycles. The number of hydrogen-bond donors (Lipinski definition) is 1. The zero-order chi connectivity index (χ0) is 21.1. The molecule has 0 saturated heterocycles. The van der Waals surface area contributed by atoms with E-state index in [9.17, 15) is 4.79 Å². The molecule has 11 heteroatoms. The number of esters is 1. The van der Waals surface area contributed by atoms with E-state index in [4.69, 9.17) is 9.84 Å². The van der Waals surface area contributed by atoms with Gasteiger partial charge in [0, 0.05) is 32.2 Å². The molecule has 33 heavy (non-hydrogen) atoms. The fourth-order valence-corrected chi connectivity index (χ4v) is 7.43. The summed E-state index contributed by atoms with van der Waals surface area (Å²) in [7, 11) is 0. The fourth-order valence-electron chi connectivity index (χ4n) is 2.59. The molecule has 2 aromatic carbocycles. The van der Waals surface area contributed by atoms with Gasteiger partial charge in [-0.2, -0.15) is 0 Å². The third-order valence-electron chi connectivity index (χ3n) is 3.75. The maximum absolute atomic E-state index is 11.6. The standard InChI is InChI=1S/C11H8Br2O2S.C9H6Br2OS.2CH4.Al.Li.4H/c1-2-15-11(14)9-4-6-3-7(12)5-8(13)10(6)16-9;10-6-1-5-2-7(4-12)13-9(5)8(11)3-6;;;;;;;;/h3-5H,2H2,1H3;1-3,12H,4H2;2*1H4;;;;;;/q;;;;;+1;;;;-1. The van der Waals surface area contributed by atoms with Gasteiger partial charge in [0.2, 0.25) is 0 Å². The Morgan fingerprint density at radius 2 is 1.39 bits per heavy atom. The molecule has 0 saturated carbocycles. The van der Waals surface area contributed by atoms with Crippen LogP contribution in [0.1, 0.15) is 37.8 Å². The van der Waals surface area contributed by atoms with Crippen molar-refractivity contribution in [3.63, 3.8) is 0 Å². The Morgan fingerprint density at radius 3 is 1.88 bits per heavy atom. The molecule has 0 amide bonds. The molecule has 4 aromatic rings. The predicted octanol–water partition coefficient (Wildman–Crippen LogP) is 5.73. The van der Waals surface area contributed by atoms with Crippen LogP contribution in [-0.4, -0.2) is 35.0 Å². The Hall–Kier alpha value is 0.840. The van der Waals surface area contributed by atoms with Gasteiger partial charge >= 0.3 is 24.8 Å². The Balaban J connectivity index is -0.000000499. The molecule has 0 spiro atoms. The average Bonchev–Trinajstić information content (AvgIpc) is 3.26. The van der Waals surface area contributed by atoms with Crippen LogP contribution in [0.25, 0.3) is 20.2 Å². The maximum atomic E-state index is 11.6. The largest absolute Gasteiger partial charge is 1.00 e. The monoisotopic (exact) mass is 752 g/mol. The Morgan fingerprint density at radius 1 is 0.909 bits per heavy atom. The molecule has 3 nitrogen and oxygen atoms in total. The zero-order valence-corrected chi connectivity index (χ0v) is 23.9. The van der Waals surface area contributed by atoms with Gasteiger partial charge in [0.1, 0.15) is 4.88 Å². The van der Waals surface area contributed by atoms with Gasteiger partial charge < -0.3 is 11.3 Å². The Bertz CT molecular complexity index is 1200. The van der Waals surface area contributed by atoms with Crippen molar-refractivity contribution in [2.45, 2.75) is 28.4 Å². The van der Waals surface area contributed by atoms with Gasteiger partial charge in [-0.3, -0.25) is 0 Å². The van der Waals surface area contributed by atoms with Crippen molar-refractivity contribution < 1.29 is 34.9 Å². The third kappa shape index (κ3) is 9.34. The van der Waals surface area contributed by atoms with Crippen molar-refractivity contribution in [3.05, 3.63) is 64.0 Å². The van der Waals surface area contributed by atoms with Crippen LogP contribution in [0.4, 0.5) is 0 Å². The minimum atomic E-state index is -0.258. The van der Waals surface area contributed by atoms with Crippen LogP contribution in [0.2, 0.25) is 0 Å². The first-order valence-corrected chi connectivity index (χ1v) is 13.2. The topological polar surface area (TPSA) is 46.5 Å². The minimum absolute atomic E-state index is 0.